The molecule has 2 aromatic rings. The lowest BCUT2D eigenvalue weighted by Crippen LogP contribution is -2.24. The Morgan fingerprint density at radius 3 is 2.55 bits per heavy atom. The number of aromatic nitrogens is 3. The standard InChI is InChI=1S/C13H10F5N3O/c1-6-2-3-7(5-19-6)21-8-4-12(14,15)11(22)9(8)10(20-21)13(16,17)18/h2-3,5,11,22H,4H2,1H3/t11-/m0/s1. The molecule has 0 radical (unpaired) electrons. The Balaban J connectivity index is 2.22. The molecule has 0 unspecified atom stereocenters. The summed E-state index contributed by atoms with van der Waals surface area (Å²) in [6.45, 7) is 1.68. The molecule has 1 atom stereocenters. The number of nitrogens with zero attached hydrogens (tertiary/aromatic N) is 3. The number of hydrogen-bond donors (Lipinski definition) is 1. The van der Waals surface area contributed by atoms with E-state index in [-0.39, 0.29) is 11.4 Å². The lowest BCUT2D eigenvalue weighted by Gasteiger charge is -2.15. The summed E-state index contributed by atoms with van der Waals surface area (Å²) in [6.07, 6.45) is -7.23. The van der Waals surface area contributed by atoms with E-state index < -0.39 is 35.9 Å². The van der Waals surface area contributed by atoms with Crippen LogP contribution in [0, 0.1) is 6.92 Å². The van der Waals surface area contributed by atoms with Crippen molar-refractivity contribution < 1.29 is 27.1 Å². The van der Waals surface area contributed by atoms with Crippen molar-refractivity contribution in [2.24, 2.45) is 0 Å². The quantitative estimate of drug-likeness (QED) is 0.822. The van der Waals surface area contributed by atoms with Gasteiger partial charge in [-0.05, 0) is 19.1 Å². The summed E-state index contributed by atoms with van der Waals surface area (Å²) >= 11 is 0. The van der Waals surface area contributed by atoms with Gasteiger partial charge in [0, 0.05) is 11.3 Å². The van der Waals surface area contributed by atoms with Gasteiger partial charge < -0.3 is 5.11 Å². The fourth-order valence-corrected chi connectivity index (χ4v) is 2.46. The first kappa shape index (κ1) is 14.9. The predicted molar refractivity (Wildman–Crippen MR) is 64.7 cm³/mol. The first-order valence-electron chi connectivity index (χ1n) is 6.29. The van der Waals surface area contributed by atoms with Crippen molar-refractivity contribution in [3.63, 3.8) is 0 Å². The van der Waals surface area contributed by atoms with E-state index in [9.17, 15) is 27.1 Å². The number of aliphatic hydroxyl groups is 1. The van der Waals surface area contributed by atoms with Crippen LogP contribution >= 0.6 is 0 Å². The molecule has 2 aromatic heterocycles. The average molecular weight is 319 g/mol. The fraction of sp³-hybridized carbons (Fsp3) is 0.385. The van der Waals surface area contributed by atoms with Crippen molar-refractivity contribution in [1.29, 1.82) is 0 Å². The van der Waals surface area contributed by atoms with Gasteiger partial charge in [-0.2, -0.15) is 18.3 Å². The minimum Gasteiger partial charge on any atom is -0.382 e. The average Bonchev–Trinajstić information content (AvgIpc) is 2.86. The van der Waals surface area contributed by atoms with Crippen LogP contribution in [0.2, 0.25) is 0 Å². The summed E-state index contributed by atoms with van der Waals surface area (Å²) in [5.74, 6) is -3.66. The van der Waals surface area contributed by atoms with Crippen LogP contribution in [0.5, 0.6) is 0 Å². The smallest absolute Gasteiger partial charge is 0.382 e. The van der Waals surface area contributed by atoms with Crippen molar-refractivity contribution in [3.05, 3.63) is 41.0 Å². The van der Waals surface area contributed by atoms with Crippen molar-refractivity contribution >= 4 is 0 Å². The van der Waals surface area contributed by atoms with Gasteiger partial charge in [0.1, 0.15) is 6.10 Å². The molecular weight excluding hydrogens is 309 g/mol. The SMILES string of the molecule is Cc1ccc(-n2nc(C(F)(F)F)c3c2CC(F)(F)[C@H]3O)cn1. The van der Waals surface area contributed by atoms with Crippen LogP contribution in [0.25, 0.3) is 5.69 Å². The summed E-state index contributed by atoms with van der Waals surface area (Å²) in [6, 6.07) is 2.96. The normalized spacial score (nSPS) is 20.2. The number of aryl methyl sites for hydroxylation is 1. The zero-order chi connectivity index (χ0) is 16.3. The van der Waals surface area contributed by atoms with Gasteiger partial charge in [0.25, 0.3) is 5.92 Å². The van der Waals surface area contributed by atoms with Gasteiger partial charge >= 0.3 is 6.18 Å². The molecule has 0 amide bonds. The summed E-state index contributed by atoms with van der Waals surface area (Å²) in [5.41, 5.74) is -1.96. The molecule has 0 aromatic carbocycles. The number of pyridine rings is 1. The van der Waals surface area contributed by atoms with Gasteiger partial charge in [0.2, 0.25) is 0 Å². The number of rotatable bonds is 1. The number of hydrogen-bond acceptors (Lipinski definition) is 3. The minimum absolute atomic E-state index is 0.127. The third-order valence-electron chi connectivity index (χ3n) is 3.51. The van der Waals surface area contributed by atoms with Crippen molar-refractivity contribution in [3.8, 4) is 5.69 Å². The first-order chi connectivity index (χ1) is 10.1. The summed E-state index contributed by atoms with van der Waals surface area (Å²) in [4.78, 5) is 3.92. The number of aliphatic hydroxyl groups excluding tert-OH is 1. The molecule has 0 aliphatic heterocycles. The van der Waals surface area contributed by atoms with Gasteiger partial charge in [-0.3, -0.25) is 4.98 Å². The van der Waals surface area contributed by atoms with Crippen molar-refractivity contribution in [1.82, 2.24) is 14.8 Å². The molecule has 0 spiro atoms. The second kappa shape index (κ2) is 4.48. The first-order valence-corrected chi connectivity index (χ1v) is 6.29. The number of alkyl halides is 5. The highest BCUT2D eigenvalue weighted by Gasteiger charge is 2.54. The topological polar surface area (TPSA) is 50.9 Å². The predicted octanol–water partition coefficient (Wildman–Crippen LogP) is 2.82. The maximum Gasteiger partial charge on any atom is 0.435 e. The molecular formula is C13H10F5N3O. The molecule has 4 nitrogen and oxygen atoms in total. The third kappa shape index (κ3) is 2.16. The van der Waals surface area contributed by atoms with Crippen molar-refractivity contribution in [2.75, 3.05) is 0 Å². The van der Waals surface area contributed by atoms with Crippen LogP contribution in [-0.2, 0) is 12.6 Å². The largest absolute Gasteiger partial charge is 0.435 e. The van der Waals surface area contributed by atoms with Gasteiger partial charge in [0.05, 0.1) is 24.0 Å². The van der Waals surface area contributed by atoms with E-state index in [1.165, 1.54) is 18.3 Å². The summed E-state index contributed by atoms with van der Waals surface area (Å²) in [7, 11) is 0. The van der Waals surface area contributed by atoms with Crippen LogP contribution in [0.3, 0.4) is 0 Å². The highest BCUT2D eigenvalue weighted by atomic mass is 19.4. The zero-order valence-corrected chi connectivity index (χ0v) is 11.2. The number of halogens is 5. The Morgan fingerprint density at radius 1 is 1.32 bits per heavy atom. The van der Waals surface area contributed by atoms with Crippen LogP contribution in [0.1, 0.15) is 28.7 Å². The Kier molecular flexibility index (Phi) is 3.03. The molecule has 3 rings (SSSR count). The fourth-order valence-electron chi connectivity index (χ4n) is 2.46. The molecule has 1 aliphatic rings. The third-order valence-corrected chi connectivity index (χ3v) is 3.51. The van der Waals surface area contributed by atoms with E-state index in [0.29, 0.717) is 5.69 Å². The molecule has 22 heavy (non-hydrogen) atoms. The highest BCUT2D eigenvalue weighted by molar-refractivity contribution is 5.43. The minimum atomic E-state index is -4.94. The monoisotopic (exact) mass is 319 g/mol. The molecule has 0 saturated carbocycles. The van der Waals surface area contributed by atoms with E-state index >= 15 is 0 Å². The molecule has 0 saturated heterocycles. The van der Waals surface area contributed by atoms with Gasteiger partial charge in [0.15, 0.2) is 5.69 Å². The van der Waals surface area contributed by atoms with E-state index in [1.54, 1.807) is 6.92 Å². The number of fused-ring (bicyclic) bond motifs is 1. The van der Waals surface area contributed by atoms with Crippen LogP contribution in [0.15, 0.2) is 18.3 Å². The summed E-state index contributed by atoms with van der Waals surface area (Å²) in [5, 5.41) is 12.9. The van der Waals surface area contributed by atoms with Gasteiger partial charge in [-0.25, -0.2) is 13.5 Å². The summed E-state index contributed by atoms with van der Waals surface area (Å²) < 4.78 is 67.1. The van der Waals surface area contributed by atoms with Gasteiger partial charge in [-0.15, -0.1) is 0 Å². The van der Waals surface area contributed by atoms with E-state index in [2.05, 4.69) is 10.1 Å². The Labute approximate surface area is 121 Å². The van der Waals surface area contributed by atoms with Gasteiger partial charge in [-0.1, -0.05) is 0 Å². The van der Waals surface area contributed by atoms with E-state index in [4.69, 9.17) is 0 Å². The lowest BCUT2D eigenvalue weighted by atomic mass is 10.1. The molecule has 0 fully saturated rings. The molecule has 2 heterocycles. The zero-order valence-electron chi connectivity index (χ0n) is 11.2. The second-order valence-electron chi connectivity index (χ2n) is 5.12. The maximum absolute atomic E-state index is 13.6. The molecule has 1 N–H and O–H groups in total. The second-order valence-corrected chi connectivity index (χ2v) is 5.12. The van der Waals surface area contributed by atoms with Crippen molar-refractivity contribution in [2.45, 2.75) is 31.5 Å². The van der Waals surface area contributed by atoms with Crippen LogP contribution in [0.4, 0.5) is 22.0 Å². The Morgan fingerprint density at radius 2 is 2.00 bits per heavy atom. The molecule has 0 bridgehead atoms. The van der Waals surface area contributed by atoms with Crippen LogP contribution in [-0.4, -0.2) is 25.8 Å². The molecule has 118 valence electrons. The molecule has 9 heteroatoms. The Hall–Kier alpha value is -2.03. The Bertz CT molecular complexity index is 721. The van der Waals surface area contributed by atoms with E-state index in [0.717, 1.165) is 4.68 Å². The van der Waals surface area contributed by atoms with Crippen LogP contribution < -0.4 is 0 Å². The lowest BCUT2D eigenvalue weighted by molar-refractivity contribution is -0.146. The van der Waals surface area contributed by atoms with E-state index in [1.807, 2.05) is 0 Å². The highest BCUT2D eigenvalue weighted by Crippen LogP contribution is 2.48. The maximum atomic E-state index is 13.6. The molecule has 1 aliphatic carbocycles.